The molecule has 0 radical (unpaired) electrons. The SMILES string of the molecule is CCNC(=O)CNc1ccc(C)c(F)c1. The van der Waals surface area contributed by atoms with Crippen LogP contribution in [0.2, 0.25) is 0 Å². The minimum atomic E-state index is -0.268. The summed E-state index contributed by atoms with van der Waals surface area (Å²) in [6.45, 7) is 4.31. The average molecular weight is 210 g/mol. The maximum atomic E-state index is 13.1. The Hall–Kier alpha value is -1.58. The van der Waals surface area contributed by atoms with E-state index in [4.69, 9.17) is 0 Å². The van der Waals surface area contributed by atoms with Gasteiger partial charge in [-0.3, -0.25) is 4.79 Å². The zero-order valence-electron chi connectivity index (χ0n) is 8.93. The van der Waals surface area contributed by atoms with Gasteiger partial charge < -0.3 is 10.6 Å². The summed E-state index contributed by atoms with van der Waals surface area (Å²) in [7, 11) is 0. The molecule has 0 aliphatic rings. The lowest BCUT2D eigenvalue weighted by molar-refractivity contribution is -0.119. The maximum Gasteiger partial charge on any atom is 0.239 e. The van der Waals surface area contributed by atoms with Gasteiger partial charge in [0.05, 0.1) is 6.54 Å². The zero-order valence-corrected chi connectivity index (χ0v) is 8.93. The summed E-state index contributed by atoms with van der Waals surface area (Å²) < 4.78 is 13.1. The highest BCUT2D eigenvalue weighted by Gasteiger charge is 2.01. The molecule has 0 fully saturated rings. The van der Waals surface area contributed by atoms with Crippen molar-refractivity contribution in [3.8, 4) is 0 Å². The summed E-state index contributed by atoms with van der Waals surface area (Å²) in [5.41, 5.74) is 1.21. The summed E-state index contributed by atoms with van der Waals surface area (Å²) in [4.78, 5) is 11.1. The number of amides is 1. The number of aryl methyl sites for hydroxylation is 1. The van der Waals surface area contributed by atoms with Crippen molar-refractivity contribution >= 4 is 11.6 Å². The number of hydrogen-bond acceptors (Lipinski definition) is 2. The van der Waals surface area contributed by atoms with Crippen molar-refractivity contribution in [1.29, 1.82) is 0 Å². The Morgan fingerprint density at radius 3 is 2.80 bits per heavy atom. The molecule has 0 atom stereocenters. The van der Waals surface area contributed by atoms with E-state index in [0.29, 0.717) is 17.8 Å². The van der Waals surface area contributed by atoms with Crippen LogP contribution in [0, 0.1) is 12.7 Å². The van der Waals surface area contributed by atoms with Gasteiger partial charge in [-0.15, -0.1) is 0 Å². The van der Waals surface area contributed by atoms with Crippen LogP contribution < -0.4 is 10.6 Å². The van der Waals surface area contributed by atoms with Crippen molar-refractivity contribution < 1.29 is 9.18 Å². The van der Waals surface area contributed by atoms with Gasteiger partial charge in [0.1, 0.15) is 5.82 Å². The molecule has 1 amide bonds. The number of halogens is 1. The van der Waals surface area contributed by atoms with E-state index in [-0.39, 0.29) is 18.3 Å². The molecule has 82 valence electrons. The first-order valence-corrected chi connectivity index (χ1v) is 4.90. The molecule has 0 saturated carbocycles. The van der Waals surface area contributed by atoms with E-state index in [0.717, 1.165) is 0 Å². The maximum absolute atomic E-state index is 13.1. The van der Waals surface area contributed by atoms with Crippen LogP contribution in [-0.2, 0) is 4.79 Å². The Labute approximate surface area is 88.7 Å². The first kappa shape index (κ1) is 11.5. The second-order valence-electron chi connectivity index (χ2n) is 3.27. The van der Waals surface area contributed by atoms with Crippen LogP contribution in [0.3, 0.4) is 0 Å². The van der Waals surface area contributed by atoms with Crippen LogP contribution in [0.25, 0.3) is 0 Å². The van der Waals surface area contributed by atoms with Gasteiger partial charge in [-0.2, -0.15) is 0 Å². The molecule has 0 spiro atoms. The molecular weight excluding hydrogens is 195 g/mol. The molecule has 0 heterocycles. The molecule has 0 aromatic heterocycles. The van der Waals surface area contributed by atoms with Gasteiger partial charge in [0.15, 0.2) is 0 Å². The third-order valence-electron chi connectivity index (χ3n) is 2.00. The van der Waals surface area contributed by atoms with Crippen LogP contribution >= 0.6 is 0 Å². The summed E-state index contributed by atoms with van der Waals surface area (Å²) in [6, 6.07) is 4.81. The van der Waals surface area contributed by atoms with Crippen LogP contribution in [-0.4, -0.2) is 19.0 Å². The van der Waals surface area contributed by atoms with Crippen LogP contribution in [0.1, 0.15) is 12.5 Å². The van der Waals surface area contributed by atoms with Gasteiger partial charge in [-0.05, 0) is 31.5 Å². The van der Waals surface area contributed by atoms with Crippen molar-refractivity contribution in [3.63, 3.8) is 0 Å². The summed E-state index contributed by atoms with van der Waals surface area (Å²) in [6.07, 6.45) is 0. The van der Waals surface area contributed by atoms with Gasteiger partial charge in [0.2, 0.25) is 5.91 Å². The largest absolute Gasteiger partial charge is 0.376 e. The monoisotopic (exact) mass is 210 g/mol. The number of benzene rings is 1. The molecule has 0 saturated heterocycles. The lowest BCUT2D eigenvalue weighted by Gasteiger charge is -2.07. The molecule has 1 rings (SSSR count). The predicted molar refractivity (Wildman–Crippen MR) is 58.3 cm³/mol. The number of carbonyl (C=O) groups excluding carboxylic acids is 1. The fraction of sp³-hybridized carbons (Fsp3) is 0.364. The first-order chi connectivity index (χ1) is 7.13. The lowest BCUT2D eigenvalue weighted by atomic mass is 10.2. The normalized spacial score (nSPS) is 9.80. The van der Waals surface area contributed by atoms with E-state index < -0.39 is 0 Å². The minimum Gasteiger partial charge on any atom is -0.376 e. The fourth-order valence-electron chi connectivity index (χ4n) is 1.14. The molecular formula is C11H15FN2O. The highest BCUT2D eigenvalue weighted by Crippen LogP contribution is 2.12. The topological polar surface area (TPSA) is 41.1 Å². The second-order valence-corrected chi connectivity index (χ2v) is 3.27. The molecule has 4 heteroatoms. The Morgan fingerprint density at radius 2 is 2.20 bits per heavy atom. The van der Waals surface area contributed by atoms with E-state index in [9.17, 15) is 9.18 Å². The van der Waals surface area contributed by atoms with Crippen molar-refractivity contribution in [3.05, 3.63) is 29.6 Å². The summed E-state index contributed by atoms with van der Waals surface area (Å²) >= 11 is 0. The number of likely N-dealkylation sites (N-methyl/N-ethyl adjacent to an activating group) is 1. The summed E-state index contributed by atoms with van der Waals surface area (Å²) in [5, 5.41) is 5.49. The molecule has 15 heavy (non-hydrogen) atoms. The zero-order chi connectivity index (χ0) is 11.3. The molecule has 3 nitrogen and oxygen atoms in total. The molecule has 1 aromatic rings. The predicted octanol–water partition coefficient (Wildman–Crippen LogP) is 1.68. The number of carbonyl (C=O) groups is 1. The first-order valence-electron chi connectivity index (χ1n) is 4.90. The van der Waals surface area contributed by atoms with Crippen LogP contribution in [0.5, 0.6) is 0 Å². The average Bonchev–Trinajstić information content (AvgIpc) is 2.20. The van der Waals surface area contributed by atoms with Crippen LogP contribution in [0.4, 0.5) is 10.1 Å². The number of anilines is 1. The Bertz CT molecular complexity index is 352. The molecule has 2 N–H and O–H groups in total. The highest BCUT2D eigenvalue weighted by atomic mass is 19.1. The molecule has 0 unspecified atom stereocenters. The van der Waals surface area contributed by atoms with Crippen molar-refractivity contribution in [2.24, 2.45) is 0 Å². The van der Waals surface area contributed by atoms with Crippen molar-refractivity contribution in [2.75, 3.05) is 18.4 Å². The Kier molecular flexibility index (Phi) is 4.09. The highest BCUT2D eigenvalue weighted by molar-refractivity contribution is 5.80. The van der Waals surface area contributed by atoms with Crippen molar-refractivity contribution in [1.82, 2.24) is 5.32 Å². The standard InChI is InChI=1S/C11H15FN2O/c1-3-13-11(15)7-14-9-5-4-8(2)10(12)6-9/h4-6,14H,3,7H2,1-2H3,(H,13,15). The number of rotatable bonds is 4. The van der Waals surface area contributed by atoms with E-state index in [1.54, 1.807) is 19.1 Å². The van der Waals surface area contributed by atoms with Crippen molar-refractivity contribution in [2.45, 2.75) is 13.8 Å². The third-order valence-corrected chi connectivity index (χ3v) is 2.00. The van der Waals surface area contributed by atoms with Gasteiger partial charge in [-0.1, -0.05) is 6.07 Å². The van der Waals surface area contributed by atoms with Gasteiger partial charge in [-0.25, -0.2) is 4.39 Å². The molecule has 0 bridgehead atoms. The minimum absolute atomic E-state index is 0.0986. The van der Waals surface area contributed by atoms with Gasteiger partial charge in [0, 0.05) is 12.2 Å². The molecule has 0 aliphatic heterocycles. The van der Waals surface area contributed by atoms with Gasteiger partial charge in [0.25, 0.3) is 0 Å². The van der Waals surface area contributed by atoms with Crippen LogP contribution in [0.15, 0.2) is 18.2 Å². The second kappa shape index (κ2) is 5.34. The summed E-state index contributed by atoms with van der Waals surface area (Å²) in [5.74, 6) is -0.366. The van der Waals surface area contributed by atoms with E-state index in [1.165, 1.54) is 6.07 Å². The molecule has 0 aliphatic carbocycles. The third kappa shape index (κ3) is 3.58. The number of hydrogen-bond donors (Lipinski definition) is 2. The van der Waals surface area contributed by atoms with E-state index >= 15 is 0 Å². The Morgan fingerprint density at radius 1 is 1.47 bits per heavy atom. The van der Waals surface area contributed by atoms with Gasteiger partial charge >= 0.3 is 0 Å². The Balaban J connectivity index is 2.51. The smallest absolute Gasteiger partial charge is 0.239 e. The van der Waals surface area contributed by atoms with E-state index in [1.807, 2.05) is 6.92 Å². The quantitative estimate of drug-likeness (QED) is 0.794. The number of nitrogens with one attached hydrogen (secondary N) is 2. The van der Waals surface area contributed by atoms with E-state index in [2.05, 4.69) is 10.6 Å². The lowest BCUT2D eigenvalue weighted by Crippen LogP contribution is -2.29. The fourth-order valence-corrected chi connectivity index (χ4v) is 1.14. The molecule has 1 aromatic carbocycles.